The molecule has 0 radical (unpaired) electrons. The fourth-order valence-electron chi connectivity index (χ4n) is 6.05. The molecule has 0 spiro atoms. The third-order valence-electron chi connectivity index (χ3n) is 8.19. The molecule has 1 fully saturated rings. The van der Waals surface area contributed by atoms with Gasteiger partial charge in [-0.2, -0.15) is 0 Å². The molecule has 6 rings (SSSR count). The number of carboxylic acids is 1. The van der Waals surface area contributed by atoms with Crippen LogP contribution in [0.1, 0.15) is 51.6 Å². The second-order valence-corrected chi connectivity index (χ2v) is 12.2. The van der Waals surface area contributed by atoms with Crippen LogP contribution in [0.2, 0.25) is 5.02 Å². The van der Waals surface area contributed by atoms with E-state index in [9.17, 15) is 19.1 Å². The molecule has 1 saturated heterocycles. The van der Waals surface area contributed by atoms with Crippen LogP contribution in [0.15, 0.2) is 61.2 Å². The molecule has 1 aliphatic rings. The van der Waals surface area contributed by atoms with Crippen LogP contribution in [-0.4, -0.2) is 71.6 Å². The molecule has 0 saturated carbocycles. The highest BCUT2D eigenvalue weighted by Gasteiger charge is 2.38. The average molecular weight is 628 g/mol. The summed E-state index contributed by atoms with van der Waals surface area (Å²) in [5, 5.41) is 10.3. The molecule has 230 valence electrons. The Morgan fingerprint density at radius 2 is 1.87 bits per heavy atom. The molecule has 10 nitrogen and oxygen atoms in total. The molecule has 0 atom stereocenters. The predicted molar refractivity (Wildman–Crippen MR) is 169 cm³/mol. The lowest BCUT2D eigenvalue weighted by atomic mass is 9.97. The van der Waals surface area contributed by atoms with Crippen LogP contribution in [-0.2, 0) is 6.54 Å². The topological polar surface area (TPSA) is 117 Å². The number of aromatic carboxylic acids is 1. The molecule has 5 heterocycles. The third kappa shape index (κ3) is 5.71. The molecule has 0 unspecified atom stereocenters. The molecule has 1 amide bonds. The number of aromatic nitrogens is 5. The van der Waals surface area contributed by atoms with Crippen LogP contribution < -0.4 is 4.90 Å². The highest BCUT2D eigenvalue weighted by atomic mass is 35.5. The number of rotatable bonds is 6. The van der Waals surface area contributed by atoms with Crippen molar-refractivity contribution in [3.63, 3.8) is 0 Å². The summed E-state index contributed by atoms with van der Waals surface area (Å²) in [7, 11) is 0. The van der Waals surface area contributed by atoms with E-state index in [0.717, 1.165) is 10.9 Å². The number of anilines is 1. The van der Waals surface area contributed by atoms with E-state index in [1.54, 1.807) is 50.6 Å². The maximum Gasteiger partial charge on any atom is 0.337 e. The fraction of sp³-hybridized carbons (Fsp3) is 0.273. The number of carbonyl (C=O) groups is 2. The number of piperazine rings is 1. The minimum Gasteiger partial charge on any atom is -0.478 e. The molecular weight excluding hydrogens is 597 g/mol. The van der Waals surface area contributed by atoms with Crippen LogP contribution >= 0.6 is 11.6 Å². The normalized spacial score (nSPS) is 14.6. The smallest absolute Gasteiger partial charge is 0.337 e. The van der Waals surface area contributed by atoms with Crippen molar-refractivity contribution in [1.29, 1.82) is 0 Å². The highest BCUT2D eigenvalue weighted by Crippen LogP contribution is 2.33. The highest BCUT2D eigenvalue weighted by molar-refractivity contribution is 6.30. The van der Waals surface area contributed by atoms with Gasteiger partial charge < -0.3 is 19.5 Å². The van der Waals surface area contributed by atoms with Gasteiger partial charge in [0, 0.05) is 49.2 Å². The number of pyridine rings is 2. The van der Waals surface area contributed by atoms with Gasteiger partial charge in [-0.05, 0) is 69.2 Å². The van der Waals surface area contributed by atoms with Crippen LogP contribution in [0.3, 0.4) is 0 Å². The number of carbonyl (C=O) groups excluding carboxylic acids is 1. The van der Waals surface area contributed by atoms with Crippen molar-refractivity contribution in [2.45, 2.75) is 39.8 Å². The molecular formula is C33H31ClFN7O3. The van der Waals surface area contributed by atoms with E-state index in [1.165, 1.54) is 12.1 Å². The van der Waals surface area contributed by atoms with Gasteiger partial charge in [-0.3, -0.25) is 14.8 Å². The van der Waals surface area contributed by atoms with E-state index in [-0.39, 0.29) is 22.2 Å². The molecule has 1 aliphatic heterocycles. The SMILES string of the molecule is Cc1cc(N2CCN(C(=O)c3ccc4c(-c5ccc(Cl)c(F)c5)cn(Cc5cnccn5)c4n3)C(C)(C)C2)nc(C)c1C(=O)O. The number of hydrogen-bond acceptors (Lipinski definition) is 7. The number of fused-ring (bicyclic) bond motifs is 1. The number of hydrogen-bond donors (Lipinski definition) is 1. The van der Waals surface area contributed by atoms with Crippen molar-refractivity contribution < 1.29 is 19.1 Å². The molecule has 1 N–H and O–H groups in total. The van der Waals surface area contributed by atoms with E-state index in [1.807, 2.05) is 35.6 Å². The Bertz CT molecular complexity index is 1940. The minimum absolute atomic E-state index is 0.0362. The molecule has 0 bridgehead atoms. The molecule has 1 aromatic carbocycles. The average Bonchev–Trinajstić information content (AvgIpc) is 3.35. The summed E-state index contributed by atoms with van der Waals surface area (Å²) in [5.74, 6) is -1.06. The van der Waals surface area contributed by atoms with Gasteiger partial charge in [-0.1, -0.05) is 17.7 Å². The van der Waals surface area contributed by atoms with E-state index < -0.39 is 17.3 Å². The second kappa shape index (κ2) is 11.6. The quantitative estimate of drug-likeness (QED) is 0.252. The van der Waals surface area contributed by atoms with Crippen LogP contribution in [0, 0.1) is 19.7 Å². The van der Waals surface area contributed by atoms with Crippen molar-refractivity contribution in [2.24, 2.45) is 0 Å². The van der Waals surface area contributed by atoms with Crippen molar-refractivity contribution in [3.8, 4) is 11.1 Å². The number of aryl methyl sites for hydroxylation is 2. The first kappa shape index (κ1) is 30.1. The Balaban J connectivity index is 1.33. The third-order valence-corrected chi connectivity index (χ3v) is 8.50. The number of carboxylic acid groups (broad SMARTS) is 1. The van der Waals surface area contributed by atoms with Gasteiger partial charge in [0.25, 0.3) is 5.91 Å². The molecule has 12 heteroatoms. The lowest BCUT2D eigenvalue weighted by molar-refractivity contribution is 0.0507. The van der Waals surface area contributed by atoms with Gasteiger partial charge >= 0.3 is 5.97 Å². The van der Waals surface area contributed by atoms with Gasteiger partial charge in [0.15, 0.2) is 0 Å². The maximum absolute atomic E-state index is 14.4. The first-order chi connectivity index (χ1) is 21.4. The van der Waals surface area contributed by atoms with Gasteiger partial charge in [0.1, 0.15) is 23.0 Å². The summed E-state index contributed by atoms with van der Waals surface area (Å²) in [4.78, 5) is 47.5. The fourth-order valence-corrected chi connectivity index (χ4v) is 6.16. The Labute approximate surface area is 264 Å². The molecule has 45 heavy (non-hydrogen) atoms. The zero-order valence-corrected chi connectivity index (χ0v) is 26.0. The summed E-state index contributed by atoms with van der Waals surface area (Å²) in [6.07, 6.45) is 6.74. The number of nitrogens with zero attached hydrogens (tertiary/aromatic N) is 7. The van der Waals surface area contributed by atoms with Crippen molar-refractivity contribution in [1.82, 2.24) is 29.4 Å². The first-order valence-corrected chi connectivity index (χ1v) is 14.8. The summed E-state index contributed by atoms with van der Waals surface area (Å²) in [6.45, 7) is 9.23. The zero-order valence-electron chi connectivity index (χ0n) is 25.3. The predicted octanol–water partition coefficient (Wildman–Crippen LogP) is 5.79. The first-order valence-electron chi connectivity index (χ1n) is 14.4. The largest absolute Gasteiger partial charge is 0.478 e. The summed E-state index contributed by atoms with van der Waals surface area (Å²) >= 11 is 5.95. The molecule has 0 aliphatic carbocycles. The minimum atomic E-state index is -1.00. The number of benzene rings is 1. The zero-order chi connectivity index (χ0) is 32.0. The van der Waals surface area contributed by atoms with Gasteiger partial charge in [-0.25, -0.2) is 19.2 Å². The van der Waals surface area contributed by atoms with Gasteiger partial charge in [0.05, 0.1) is 40.3 Å². The van der Waals surface area contributed by atoms with E-state index in [2.05, 4.69) is 19.9 Å². The summed E-state index contributed by atoms with van der Waals surface area (Å²) < 4.78 is 16.3. The van der Waals surface area contributed by atoms with Crippen molar-refractivity contribution in [2.75, 3.05) is 24.5 Å². The molecule has 5 aromatic rings. The Morgan fingerprint density at radius 3 is 2.53 bits per heavy atom. The standard InChI is InChI=1S/C33H31ClFN7O3/c1-19-13-28(38-20(2)29(19)32(44)45)40-11-12-42(33(3,4)18-40)31(43)27-8-6-23-24(21-5-7-25(34)26(35)14-21)17-41(30(23)39-27)16-22-15-36-9-10-37-22/h5-10,13-15,17H,11-12,16,18H2,1-4H3,(H,44,45). The van der Waals surface area contributed by atoms with Crippen LogP contribution in [0.25, 0.3) is 22.2 Å². The second-order valence-electron chi connectivity index (χ2n) is 11.8. The van der Waals surface area contributed by atoms with Crippen LogP contribution in [0.5, 0.6) is 0 Å². The van der Waals surface area contributed by atoms with E-state index >= 15 is 0 Å². The summed E-state index contributed by atoms with van der Waals surface area (Å²) in [6, 6.07) is 9.99. The Hall–Kier alpha value is -4.90. The number of halogens is 2. The Kier molecular flexibility index (Phi) is 7.74. The summed E-state index contributed by atoms with van der Waals surface area (Å²) in [5.41, 5.74) is 3.64. The molecule has 4 aromatic heterocycles. The monoisotopic (exact) mass is 627 g/mol. The van der Waals surface area contributed by atoms with Gasteiger partial charge in [-0.15, -0.1) is 0 Å². The maximum atomic E-state index is 14.4. The lowest BCUT2D eigenvalue weighted by Gasteiger charge is -2.47. The van der Waals surface area contributed by atoms with Crippen molar-refractivity contribution in [3.05, 3.63) is 100 Å². The number of amides is 1. The van der Waals surface area contributed by atoms with E-state index in [0.29, 0.717) is 60.2 Å². The van der Waals surface area contributed by atoms with Gasteiger partial charge in [0.2, 0.25) is 0 Å². The Morgan fingerprint density at radius 1 is 1.07 bits per heavy atom. The lowest BCUT2D eigenvalue weighted by Crippen LogP contribution is -2.61. The van der Waals surface area contributed by atoms with Crippen LogP contribution in [0.4, 0.5) is 10.2 Å². The van der Waals surface area contributed by atoms with E-state index in [4.69, 9.17) is 16.6 Å². The van der Waals surface area contributed by atoms with Crippen molar-refractivity contribution >= 4 is 40.3 Å².